The van der Waals surface area contributed by atoms with Gasteiger partial charge in [-0.15, -0.1) is 0 Å². The third-order valence-electron chi connectivity index (χ3n) is 3.44. The number of amides is 1. The van der Waals surface area contributed by atoms with Crippen LogP contribution in [0.4, 0.5) is 14.5 Å². The van der Waals surface area contributed by atoms with E-state index in [2.05, 4.69) is 10.1 Å². The lowest BCUT2D eigenvalue weighted by atomic mass is 10.2. The van der Waals surface area contributed by atoms with Crippen molar-refractivity contribution in [2.75, 3.05) is 26.0 Å². The molecule has 0 spiro atoms. The lowest BCUT2D eigenvalue weighted by Gasteiger charge is -2.18. The SMILES string of the molecule is COc1cc(CN(C)CC(=O)Nc2ccc(Cl)cc2)ccc1OC(F)F. The zero-order valence-electron chi connectivity index (χ0n) is 14.3. The van der Waals surface area contributed by atoms with Crippen LogP contribution >= 0.6 is 11.6 Å². The van der Waals surface area contributed by atoms with E-state index in [1.165, 1.54) is 13.2 Å². The van der Waals surface area contributed by atoms with E-state index in [1.807, 2.05) is 0 Å². The first-order valence-corrected chi connectivity index (χ1v) is 8.11. The second kappa shape index (κ2) is 9.35. The summed E-state index contributed by atoms with van der Waals surface area (Å²) in [6.07, 6.45) is 0. The Balaban J connectivity index is 1.93. The van der Waals surface area contributed by atoms with E-state index in [0.717, 1.165) is 5.56 Å². The van der Waals surface area contributed by atoms with Gasteiger partial charge in [0.15, 0.2) is 11.5 Å². The molecular formula is C18H19ClF2N2O3. The quantitative estimate of drug-likeness (QED) is 0.746. The predicted molar refractivity (Wildman–Crippen MR) is 96.0 cm³/mol. The number of rotatable bonds is 8. The summed E-state index contributed by atoms with van der Waals surface area (Å²) in [4.78, 5) is 13.9. The summed E-state index contributed by atoms with van der Waals surface area (Å²) in [6, 6.07) is 11.5. The molecule has 0 unspecified atom stereocenters. The molecule has 0 heterocycles. The molecule has 2 rings (SSSR count). The van der Waals surface area contributed by atoms with Gasteiger partial charge in [0.1, 0.15) is 0 Å². The van der Waals surface area contributed by atoms with Crippen LogP contribution in [-0.2, 0) is 11.3 Å². The molecule has 0 fully saturated rings. The molecule has 0 saturated carbocycles. The fourth-order valence-corrected chi connectivity index (χ4v) is 2.48. The van der Waals surface area contributed by atoms with Crippen LogP contribution in [0.2, 0.25) is 5.02 Å². The van der Waals surface area contributed by atoms with E-state index in [4.69, 9.17) is 16.3 Å². The van der Waals surface area contributed by atoms with Gasteiger partial charge in [-0.1, -0.05) is 17.7 Å². The first-order chi connectivity index (χ1) is 12.4. The summed E-state index contributed by atoms with van der Waals surface area (Å²) in [7, 11) is 3.15. The van der Waals surface area contributed by atoms with Gasteiger partial charge in [-0.25, -0.2) is 0 Å². The van der Waals surface area contributed by atoms with Crippen LogP contribution in [0.3, 0.4) is 0 Å². The van der Waals surface area contributed by atoms with Crippen molar-refractivity contribution >= 4 is 23.2 Å². The van der Waals surface area contributed by atoms with Crippen molar-refractivity contribution in [3.8, 4) is 11.5 Å². The Labute approximate surface area is 155 Å². The Morgan fingerprint density at radius 3 is 2.50 bits per heavy atom. The van der Waals surface area contributed by atoms with E-state index in [1.54, 1.807) is 48.3 Å². The molecule has 0 atom stereocenters. The average molecular weight is 385 g/mol. The number of methoxy groups -OCH3 is 1. The number of likely N-dealkylation sites (N-methyl/N-ethyl adjacent to an activating group) is 1. The molecule has 2 aromatic carbocycles. The lowest BCUT2D eigenvalue weighted by Crippen LogP contribution is -2.29. The number of halogens is 3. The Bertz CT molecular complexity index is 742. The van der Waals surface area contributed by atoms with Gasteiger partial charge in [0.2, 0.25) is 5.91 Å². The van der Waals surface area contributed by atoms with Gasteiger partial charge in [-0.05, 0) is 49.0 Å². The molecule has 0 aliphatic heterocycles. The van der Waals surface area contributed by atoms with E-state index >= 15 is 0 Å². The highest BCUT2D eigenvalue weighted by molar-refractivity contribution is 6.30. The van der Waals surface area contributed by atoms with E-state index < -0.39 is 6.61 Å². The fraction of sp³-hybridized carbons (Fsp3) is 0.278. The van der Waals surface area contributed by atoms with Crippen LogP contribution in [0.25, 0.3) is 0 Å². The highest BCUT2D eigenvalue weighted by atomic mass is 35.5. The van der Waals surface area contributed by atoms with E-state index in [-0.39, 0.29) is 24.0 Å². The Kier molecular flexibility index (Phi) is 7.17. The smallest absolute Gasteiger partial charge is 0.387 e. The number of hydrogen-bond acceptors (Lipinski definition) is 4. The van der Waals surface area contributed by atoms with Crippen LogP contribution < -0.4 is 14.8 Å². The van der Waals surface area contributed by atoms with Gasteiger partial charge in [-0.2, -0.15) is 8.78 Å². The summed E-state index contributed by atoms with van der Waals surface area (Å²) in [5.74, 6) is -0.00404. The zero-order valence-corrected chi connectivity index (χ0v) is 15.1. The van der Waals surface area contributed by atoms with Crippen LogP contribution in [0.1, 0.15) is 5.56 Å². The van der Waals surface area contributed by atoms with Crippen molar-refractivity contribution in [1.82, 2.24) is 4.90 Å². The first-order valence-electron chi connectivity index (χ1n) is 7.73. The number of anilines is 1. The lowest BCUT2D eigenvalue weighted by molar-refractivity contribution is -0.117. The number of ether oxygens (including phenoxy) is 2. The molecule has 1 amide bonds. The molecule has 0 saturated heterocycles. The first kappa shape index (κ1) is 19.9. The number of hydrogen-bond donors (Lipinski definition) is 1. The summed E-state index contributed by atoms with van der Waals surface area (Å²) in [6.45, 7) is -2.34. The van der Waals surface area contributed by atoms with Gasteiger partial charge in [0.05, 0.1) is 13.7 Å². The molecule has 1 N–H and O–H groups in total. The Morgan fingerprint density at radius 1 is 1.19 bits per heavy atom. The molecule has 0 aromatic heterocycles. The van der Waals surface area contributed by atoms with Gasteiger partial charge in [-0.3, -0.25) is 9.69 Å². The van der Waals surface area contributed by atoms with Crippen molar-refractivity contribution in [1.29, 1.82) is 0 Å². The minimum absolute atomic E-state index is 0.0330. The molecule has 26 heavy (non-hydrogen) atoms. The highest BCUT2D eigenvalue weighted by Gasteiger charge is 2.13. The maximum Gasteiger partial charge on any atom is 0.387 e. The largest absolute Gasteiger partial charge is 0.493 e. The molecule has 2 aromatic rings. The second-order valence-corrected chi connectivity index (χ2v) is 6.03. The fourth-order valence-electron chi connectivity index (χ4n) is 2.35. The number of benzene rings is 2. The number of carbonyl (C=O) groups excluding carboxylic acids is 1. The standard InChI is InChI=1S/C18H19ClF2N2O3/c1-23(11-17(24)22-14-6-4-13(19)5-7-14)10-12-3-8-15(26-18(20)21)16(9-12)25-2/h3-9,18H,10-11H2,1-2H3,(H,22,24). The van der Waals surface area contributed by atoms with Crippen molar-refractivity contribution in [3.05, 3.63) is 53.1 Å². The monoisotopic (exact) mass is 384 g/mol. The number of carbonyl (C=O) groups is 1. The van der Waals surface area contributed by atoms with Crippen molar-refractivity contribution in [2.45, 2.75) is 13.2 Å². The molecule has 5 nitrogen and oxygen atoms in total. The molecule has 0 bridgehead atoms. The van der Waals surface area contributed by atoms with Gasteiger partial charge < -0.3 is 14.8 Å². The Hall–Kier alpha value is -2.38. The maximum absolute atomic E-state index is 12.4. The minimum Gasteiger partial charge on any atom is -0.493 e. The average Bonchev–Trinajstić information content (AvgIpc) is 2.57. The second-order valence-electron chi connectivity index (χ2n) is 5.59. The molecule has 0 aliphatic rings. The molecule has 0 radical (unpaired) electrons. The van der Waals surface area contributed by atoms with E-state index in [9.17, 15) is 13.6 Å². The van der Waals surface area contributed by atoms with E-state index in [0.29, 0.717) is 17.3 Å². The van der Waals surface area contributed by atoms with Crippen LogP contribution in [0, 0.1) is 0 Å². The summed E-state index contributed by atoms with van der Waals surface area (Å²) in [5.41, 5.74) is 1.45. The van der Waals surface area contributed by atoms with Crippen molar-refractivity contribution in [2.24, 2.45) is 0 Å². The summed E-state index contributed by atoms with van der Waals surface area (Å²) >= 11 is 5.80. The third-order valence-corrected chi connectivity index (χ3v) is 3.69. The van der Waals surface area contributed by atoms with Crippen LogP contribution in [0.5, 0.6) is 11.5 Å². The molecular weight excluding hydrogens is 366 g/mol. The number of nitrogens with zero attached hydrogens (tertiary/aromatic N) is 1. The number of nitrogens with one attached hydrogen (secondary N) is 1. The molecule has 0 aliphatic carbocycles. The van der Waals surface area contributed by atoms with Crippen LogP contribution in [-0.4, -0.2) is 38.1 Å². The molecule has 8 heteroatoms. The van der Waals surface area contributed by atoms with Gasteiger partial charge >= 0.3 is 6.61 Å². The maximum atomic E-state index is 12.4. The third kappa shape index (κ3) is 6.16. The summed E-state index contributed by atoms with van der Waals surface area (Å²) in [5, 5.41) is 3.36. The topological polar surface area (TPSA) is 50.8 Å². The summed E-state index contributed by atoms with van der Waals surface area (Å²) < 4.78 is 34.2. The predicted octanol–water partition coefficient (Wildman–Crippen LogP) is 4.02. The minimum atomic E-state index is -2.92. The van der Waals surface area contributed by atoms with Crippen molar-refractivity contribution in [3.63, 3.8) is 0 Å². The van der Waals surface area contributed by atoms with Gasteiger partial charge in [0, 0.05) is 17.3 Å². The van der Waals surface area contributed by atoms with Crippen LogP contribution in [0.15, 0.2) is 42.5 Å². The number of alkyl halides is 2. The Morgan fingerprint density at radius 2 is 1.88 bits per heavy atom. The zero-order chi connectivity index (χ0) is 19.1. The normalized spacial score (nSPS) is 10.9. The molecule has 140 valence electrons. The van der Waals surface area contributed by atoms with Crippen molar-refractivity contribution < 1.29 is 23.0 Å². The highest BCUT2D eigenvalue weighted by Crippen LogP contribution is 2.29. The van der Waals surface area contributed by atoms with Gasteiger partial charge in [0.25, 0.3) is 0 Å².